The van der Waals surface area contributed by atoms with E-state index in [0.717, 1.165) is 0 Å². The molecule has 0 rings (SSSR count). The van der Waals surface area contributed by atoms with Gasteiger partial charge in [0.1, 0.15) is 0 Å². The first-order valence-corrected chi connectivity index (χ1v) is 4.10. The predicted molar refractivity (Wildman–Crippen MR) is 35.8 cm³/mol. The fraction of sp³-hybridized carbons (Fsp3) is 1.00. The summed E-state index contributed by atoms with van der Waals surface area (Å²) in [4.78, 5) is 6.04. The van der Waals surface area contributed by atoms with Crippen LogP contribution in [0.1, 0.15) is 13.3 Å². The quantitative estimate of drug-likeness (QED) is 0.255. The summed E-state index contributed by atoms with van der Waals surface area (Å²) >= 11 is 0. The molecule has 0 saturated heterocycles. The van der Waals surface area contributed by atoms with Crippen LogP contribution in [-0.2, 0) is 10.1 Å². The molecule has 66 valence electrons. The number of nitrogens with zero attached hydrogens (tertiary/aromatic N) is 1. The molecule has 0 aliphatic heterocycles. The van der Waals surface area contributed by atoms with Crippen molar-refractivity contribution in [2.24, 2.45) is 5.73 Å². The van der Waals surface area contributed by atoms with E-state index in [1.807, 2.05) is 0 Å². The van der Waals surface area contributed by atoms with E-state index in [1.54, 1.807) is 0 Å². The normalized spacial score (nSPS) is 17.4. The van der Waals surface area contributed by atoms with Crippen molar-refractivity contribution in [3.8, 4) is 0 Å². The first-order chi connectivity index (χ1) is 4.75. The number of hydrogen-bond acceptors (Lipinski definition) is 5. The van der Waals surface area contributed by atoms with E-state index < -0.39 is 26.5 Å². The molecule has 0 amide bonds. The molecule has 1 unspecified atom stereocenters. The van der Waals surface area contributed by atoms with Gasteiger partial charge in [0.2, 0.25) is 0 Å². The Morgan fingerprint density at radius 3 is 2.09 bits per heavy atom. The Labute approximate surface area is 63.1 Å². The highest BCUT2D eigenvalue weighted by Crippen LogP contribution is 2.13. The SMILES string of the molecule is CCC(N)([N+](=O)[O-])S(=O)(=O)O. The average molecular weight is 184 g/mol. The third kappa shape index (κ3) is 1.64. The fourth-order valence-electron chi connectivity index (χ4n) is 0.406. The van der Waals surface area contributed by atoms with Crippen LogP contribution < -0.4 is 5.73 Å². The maximum Gasteiger partial charge on any atom is 0.395 e. The van der Waals surface area contributed by atoms with Crippen molar-refractivity contribution >= 4 is 10.1 Å². The van der Waals surface area contributed by atoms with Crippen molar-refractivity contribution in [1.29, 1.82) is 0 Å². The number of hydrogen-bond donors (Lipinski definition) is 2. The van der Waals surface area contributed by atoms with Crippen LogP contribution in [0.3, 0.4) is 0 Å². The van der Waals surface area contributed by atoms with Crippen LogP contribution in [0.15, 0.2) is 0 Å². The van der Waals surface area contributed by atoms with Gasteiger partial charge in [-0.3, -0.25) is 20.4 Å². The molecule has 0 fully saturated rings. The first kappa shape index (κ1) is 10.3. The highest BCUT2D eigenvalue weighted by molar-refractivity contribution is 7.86. The molecule has 8 heteroatoms. The zero-order valence-electron chi connectivity index (χ0n) is 5.72. The second-order valence-electron chi connectivity index (χ2n) is 1.93. The molecule has 0 heterocycles. The lowest BCUT2D eigenvalue weighted by molar-refractivity contribution is -0.541. The molecular formula is C3H8N2O5S. The molecule has 0 aromatic heterocycles. The van der Waals surface area contributed by atoms with Crippen molar-refractivity contribution in [1.82, 2.24) is 0 Å². The summed E-state index contributed by atoms with van der Waals surface area (Å²) in [6.07, 6.45) is -0.487. The molecule has 0 aliphatic rings. The number of nitro groups is 1. The minimum Gasteiger partial charge on any atom is -0.279 e. The summed E-state index contributed by atoms with van der Waals surface area (Å²) in [5, 5.41) is 10.0. The molecule has 11 heavy (non-hydrogen) atoms. The van der Waals surface area contributed by atoms with Gasteiger partial charge in [0.25, 0.3) is 0 Å². The van der Waals surface area contributed by atoms with Crippen LogP contribution in [0, 0.1) is 10.1 Å². The van der Waals surface area contributed by atoms with Crippen molar-refractivity contribution in [3.05, 3.63) is 10.1 Å². The van der Waals surface area contributed by atoms with Gasteiger partial charge in [-0.25, -0.2) is 0 Å². The maximum atomic E-state index is 10.3. The lowest BCUT2D eigenvalue weighted by atomic mass is 10.4. The summed E-state index contributed by atoms with van der Waals surface area (Å²) in [6, 6.07) is 0. The van der Waals surface area contributed by atoms with Gasteiger partial charge in [0, 0.05) is 6.42 Å². The summed E-state index contributed by atoms with van der Waals surface area (Å²) in [5.74, 6) is 0. The molecule has 0 aromatic carbocycles. The molecule has 3 N–H and O–H groups in total. The zero-order chi connectivity index (χ0) is 9.28. The van der Waals surface area contributed by atoms with E-state index in [0.29, 0.717) is 0 Å². The predicted octanol–water partition coefficient (Wildman–Crippen LogP) is -0.827. The summed E-state index contributed by atoms with van der Waals surface area (Å²) in [6.45, 7) is 1.19. The van der Waals surface area contributed by atoms with Crippen LogP contribution in [0.2, 0.25) is 0 Å². The highest BCUT2D eigenvalue weighted by Gasteiger charge is 2.49. The molecule has 0 radical (unpaired) electrons. The smallest absolute Gasteiger partial charge is 0.279 e. The lowest BCUT2D eigenvalue weighted by Crippen LogP contribution is -2.53. The van der Waals surface area contributed by atoms with Gasteiger partial charge >= 0.3 is 15.1 Å². The molecule has 0 spiro atoms. The summed E-state index contributed by atoms with van der Waals surface area (Å²) in [5.41, 5.74) is 4.78. The maximum absolute atomic E-state index is 10.3. The topological polar surface area (TPSA) is 124 Å². The van der Waals surface area contributed by atoms with Crippen LogP contribution in [-0.4, -0.2) is 22.9 Å². The van der Waals surface area contributed by atoms with E-state index in [9.17, 15) is 18.5 Å². The van der Waals surface area contributed by atoms with Gasteiger partial charge in [-0.05, 0) is 0 Å². The van der Waals surface area contributed by atoms with Crippen LogP contribution in [0.5, 0.6) is 0 Å². The second-order valence-corrected chi connectivity index (χ2v) is 3.59. The molecule has 0 bridgehead atoms. The third-order valence-electron chi connectivity index (χ3n) is 1.26. The third-order valence-corrected chi connectivity index (χ3v) is 2.59. The minimum atomic E-state index is -4.84. The van der Waals surface area contributed by atoms with E-state index in [2.05, 4.69) is 0 Å². The average Bonchev–Trinajstić information content (AvgIpc) is 1.83. The molecule has 0 aromatic rings. The molecule has 7 nitrogen and oxygen atoms in total. The Morgan fingerprint density at radius 1 is 1.73 bits per heavy atom. The standard InChI is InChI=1S/C3H8N2O5S/c1-2-3(4,5(6)7)11(8,9)10/h2,4H2,1H3,(H,8,9,10). The van der Waals surface area contributed by atoms with Crippen LogP contribution in [0.25, 0.3) is 0 Å². The largest absolute Gasteiger partial charge is 0.395 e. The van der Waals surface area contributed by atoms with Gasteiger partial charge in [-0.2, -0.15) is 8.42 Å². The highest BCUT2D eigenvalue weighted by atomic mass is 32.2. The van der Waals surface area contributed by atoms with Gasteiger partial charge in [0.15, 0.2) is 0 Å². The van der Waals surface area contributed by atoms with Gasteiger partial charge < -0.3 is 0 Å². The van der Waals surface area contributed by atoms with Crippen LogP contribution >= 0.6 is 0 Å². The molecule has 0 aliphatic carbocycles. The van der Waals surface area contributed by atoms with Gasteiger partial charge in [-0.15, -0.1) is 0 Å². The second kappa shape index (κ2) is 2.72. The summed E-state index contributed by atoms with van der Waals surface area (Å²) < 4.78 is 28.9. The first-order valence-electron chi connectivity index (χ1n) is 2.66. The lowest BCUT2D eigenvalue weighted by Gasteiger charge is -2.13. The van der Waals surface area contributed by atoms with Gasteiger partial charge in [-0.1, -0.05) is 6.92 Å². The molecule has 0 saturated carbocycles. The van der Waals surface area contributed by atoms with E-state index in [-0.39, 0.29) is 0 Å². The van der Waals surface area contributed by atoms with Gasteiger partial charge in [0.05, 0.1) is 4.92 Å². The van der Waals surface area contributed by atoms with Crippen molar-refractivity contribution in [2.45, 2.75) is 18.3 Å². The molecular weight excluding hydrogens is 176 g/mol. The van der Waals surface area contributed by atoms with E-state index in [1.165, 1.54) is 6.92 Å². The minimum absolute atomic E-state index is 0.487. The number of nitrogens with two attached hydrogens (primary N) is 1. The summed E-state index contributed by atoms with van der Waals surface area (Å²) in [7, 11) is -4.84. The Morgan fingerprint density at radius 2 is 2.09 bits per heavy atom. The Bertz CT molecular complexity index is 259. The van der Waals surface area contributed by atoms with Crippen LogP contribution in [0.4, 0.5) is 0 Å². The monoisotopic (exact) mass is 184 g/mol. The Kier molecular flexibility index (Phi) is 2.54. The Balaban J connectivity index is 5.09. The van der Waals surface area contributed by atoms with Crippen molar-refractivity contribution in [2.75, 3.05) is 0 Å². The van der Waals surface area contributed by atoms with E-state index >= 15 is 0 Å². The fourth-order valence-corrected chi connectivity index (χ4v) is 0.959. The zero-order valence-corrected chi connectivity index (χ0v) is 6.54. The number of rotatable bonds is 3. The van der Waals surface area contributed by atoms with Crippen molar-refractivity contribution < 1.29 is 17.9 Å². The Hall–Kier alpha value is -0.730. The van der Waals surface area contributed by atoms with E-state index in [4.69, 9.17) is 10.3 Å². The van der Waals surface area contributed by atoms with Crippen molar-refractivity contribution in [3.63, 3.8) is 0 Å². The molecule has 1 atom stereocenters.